The predicted octanol–water partition coefficient (Wildman–Crippen LogP) is -0.966. The Bertz CT molecular complexity index is 76.1. The van der Waals surface area contributed by atoms with Crippen molar-refractivity contribution in [2.45, 2.75) is 0 Å². The van der Waals surface area contributed by atoms with Crippen LogP contribution in [0.3, 0.4) is 0 Å². The average molecular weight is 123 g/mol. The SMILES string of the molecule is O=[N+]([O-])O.O=[Si]=O. The molecule has 0 rings (SSSR count). The van der Waals surface area contributed by atoms with E-state index in [1.165, 1.54) is 0 Å². The Morgan fingerprint density at radius 2 is 1.57 bits per heavy atom. The molecule has 40 valence electrons. The molecule has 6 nitrogen and oxygen atoms in total. The lowest BCUT2D eigenvalue weighted by Gasteiger charge is -1.56. The van der Waals surface area contributed by atoms with E-state index < -0.39 is 14.4 Å². The predicted molar refractivity (Wildman–Crippen MR) is 15.9 cm³/mol. The van der Waals surface area contributed by atoms with Gasteiger partial charge >= 0.3 is 9.29 Å². The Kier molecular flexibility index (Phi) is 11.9. The minimum atomic E-state index is -1.50. The number of nitrogens with zero attached hydrogens (tertiary/aromatic N) is 1. The van der Waals surface area contributed by atoms with Crippen LogP contribution in [-0.2, 0) is 8.92 Å². The third-order valence-corrected chi connectivity index (χ3v) is 0. The van der Waals surface area contributed by atoms with Gasteiger partial charge in [-0.2, -0.15) is 0 Å². The average Bonchev–Trinajstić information content (AvgIpc) is 1.33. The lowest BCUT2D eigenvalue weighted by atomic mass is 13.1. The Labute approximate surface area is 39.8 Å². The van der Waals surface area contributed by atoms with Crippen molar-refractivity contribution in [3.05, 3.63) is 10.1 Å². The second-order valence-electron chi connectivity index (χ2n) is 0.321. The van der Waals surface area contributed by atoms with Crippen molar-refractivity contribution in [3.8, 4) is 0 Å². The molecular formula is HNO5Si. The molecule has 0 saturated carbocycles. The third kappa shape index (κ3) is 47.2. The fraction of sp³-hybridized carbons (Fsp3) is 0. The first kappa shape index (κ1) is 9.39. The summed E-state index contributed by atoms with van der Waals surface area (Å²) in [5, 5.41) is 13.6. The first-order valence-corrected chi connectivity index (χ1v) is 1.79. The highest BCUT2D eigenvalue weighted by molar-refractivity contribution is 5.94. The van der Waals surface area contributed by atoms with Gasteiger partial charge in [-0.1, -0.05) is 0 Å². The van der Waals surface area contributed by atoms with Gasteiger partial charge in [0, 0.05) is 0 Å². The van der Waals surface area contributed by atoms with Crippen LogP contribution < -0.4 is 0 Å². The largest absolute Gasteiger partial charge is 0.549 e. The second-order valence-corrected chi connectivity index (χ2v) is 0.488. The molecule has 7 heavy (non-hydrogen) atoms. The molecule has 0 saturated heterocycles. The molecule has 7 heteroatoms. The van der Waals surface area contributed by atoms with Crippen molar-refractivity contribution in [3.63, 3.8) is 0 Å². The molecule has 0 aliphatic carbocycles. The summed E-state index contributed by atoms with van der Waals surface area (Å²) in [7, 11) is -1.42. The Morgan fingerprint density at radius 3 is 1.57 bits per heavy atom. The van der Waals surface area contributed by atoms with Gasteiger partial charge in [0.05, 0.1) is 0 Å². The summed E-state index contributed by atoms with van der Waals surface area (Å²) in [5.74, 6) is 0. The van der Waals surface area contributed by atoms with E-state index >= 15 is 0 Å². The first-order valence-electron chi connectivity index (χ1n) is 0.973. The fourth-order valence-corrected chi connectivity index (χ4v) is 0. The van der Waals surface area contributed by atoms with E-state index in [1.54, 1.807) is 0 Å². The van der Waals surface area contributed by atoms with Crippen molar-refractivity contribution in [1.82, 2.24) is 0 Å². The van der Waals surface area contributed by atoms with Gasteiger partial charge in [-0.15, -0.1) is 10.1 Å². The maximum absolute atomic E-state index is 8.40. The quantitative estimate of drug-likeness (QED) is 0.254. The molecule has 0 aromatic carbocycles. The second kappa shape index (κ2) is 8.89. The maximum atomic E-state index is 8.40. The van der Waals surface area contributed by atoms with Crippen molar-refractivity contribution in [1.29, 1.82) is 0 Å². The summed E-state index contributed by atoms with van der Waals surface area (Å²) < 4.78 is 16.8. The van der Waals surface area contributed by atoms with Crippen LogP contribution in [0, 0.1) is 10.1 Å². The lowest BCUT2D eigenvalue weighted by molar-refractivity contribution is -0.742. The van der Waals surface area contributed by atoms with E-state index in [4.69, 9.17) is 24.2 Å². The van der Waals surface area contributed by atoms with Gasteiger partial charge in [0.25, 0.3) is 5.09 Å². The Hall–Kier alpha value is -0.983. The number of rotatable bonds is 0. The van der Waals surface area contributed by atoms with Crippen LogP contribution in [0.4, 0.5) is 0 Å². The van der Waals surface area contributed by atoms with E-state index in [2.05, 4.69) is 0 Å². The van der Waals surface area contributed by atoms with Crippen LogP contribution in [0.2, 0.25) is 0 Å². The maximum Gasteiger partial charge on any atom is 0.549 e. The number of hydrogen-bond donors (Lipinski definition) is 1. The van der Waals surface area contributed by atoms with Gasteiger partial charge in [0.15, 0.2) is 0 Å². The zero-order valence-corrected chi connectivity index (χ0v) is 4.03. The third-order valence-electron chi connectivity index (χ3n) is 0. The minimum Gasteiger partial charge on any atom is -0.328 e. The molecule has 0 aliphatic rings. The zero-order chi connectivity index (χ0) is 6.28. The van der Waals surface area contributed by atoms with Crippen molar-refractivity contribution < 1.29 is 19.2 Å². The molecule has 0 aromatic heterocycles. The summed E-state index contributed by atoms with van der Waals surface area (Å²) in [6.45, 7) is 0. The summed E-state index contributed by atoms with van der Waals surface area (Å²) in [5.41, 5.74) is 0. The van der Waals surface area contributed by atoms with Gasteiger partial charge in [0.1, 0.15) is 0 Å². The van der Waals surface area contributed by atoms with Crippen LogP contribution >= 0.6 is 0 Å². The van der Waals surface area contributed by atoms with Crippen LogP contribution in [0.25, 0.3) is 0 Å². The fourth-order valence-electron chi connectivity index (χ4n) is 0. The van der Waals surface area contributed by atoms with E-state index in [0.717, 1.165) is 0 Å². The molecule has 0 unspecified atom stereocenters. The topological polar surface area (TPSA) is 97.5 Å². The van der Waals surface area contributed by atoms with Crippen molar-refractivity contribution >= 4 is 9.29 Å². The number of hydrogen-bond acceptors (Lipinski definition) is 4. The van der Waals surface area contributed by atoms with Crippen LogP contribution in [0.1, 0.15) is 0 Å². The zero-order valence-electron chi connectivity index (χ0n) is 3.03. The van der Waals surface area contributed by atoms with Gasteiger partial charge in [0.2, 0.25) is 0 Å². The highest BCUT2D eigenvalue weighted by Crippen LogP contribution is 1.38. The molecule has 0 atom stereocenters. The molecule has 0 amide bonds. The summed E-state index contributed by atoms with van der Waals surface area (Å²) >= 11 is 0. The minimum absolute atomic E-state index is 1.42. The smallest absolute Gasteiger partial charge is 0.328 e. The molecule has 0 bridgehead atoms. The molecule has 0 fully saturated rings. The Balaban J connectivity index is 0. The van der Waals surface area contributed by atoms with Gasteiger partial charge in [-0.3, -0.25) is 8.92 Å². The molecule has 0 radical (unpaired) electrons. The Morgan fingerprint density at radius 1 is 1.57 bits per heavy atom. The summed E-state index contributed by atoms with van der Waals surface area (Å²) in [6, 6.07) is 0. The van der Waals surface area contributed by atoms with E-state index in [1.807, 2.05) is 0 Å². The summed E-state index contributed by atoms with van der Waals surface area (Å²) in [6.07, 6.45) is 0. The molecule has 1 N–H and O–H groups in total. The molecule has 0 spiro atoms. The van der Waals surface area contributed by atoms with E-state index in [0.29, 0.717) is 0 Å². The van der Waals surface area contributed by atoms with Crippen LogP contribution in [0.5, 0.6) is 0 Å². The van der Waals surface area contributed by atoms with Gasteiger partial charge in [-0.05, 0) is 0 Å². The van der Waals surface area contributed by atoms with Crippen LogP contribution in [0.15, 0.2) is 0 Å². The molecular weight excluding hydrogens is 122 g/mol. The van der Waals surface area contributed by atoms with Crippen molar-refractivity contribution in [2.24, 2.45) is 0 Å². The highest BCUT2D eigenvalue weighted by atomic mass is 28.2. The van der Waals surface area contributed by atoms with E-state index in [9.17, 15) is 0 Å². The van der Waals surface area contributed by atoms with E-state index in [-0.39, 0.29) is 0 Å². The van der Waals surface area contributed by atoms with Gasteiger partial charge < -0.3 is 5.21 Å². The molecule has 0 heterocycles. The lowest BCUT2D eigenvalue weighted by Crippen LogP contribution is -1.81. The highest BCUT2D eigenvalue weighted by Gasteiger charge is 1.65. The van der Waals surface area contributed by atoms with Crippen molar-refractivity contribution in [2.75, 3.05) is 0 Å². The summed E-state index contributed by atoms with van der Waals surface area (Å²) in [4.78, 5) is 8.36. The van der Waals surface area contributed by atoms with Crippen LogP contribution in [-0.4, -0.2) is 19.6 Å². The monoisotopic (exact) mass is 123 g/mol. The molecule has 0 aliphatic heterocycles. The first-order chi connectivity index (χ1) is 3.15. The normalized spacial score (nSPS) is 4.57. The van der Waals surface area contributed by atoms with Gasteiger partial charge in [-0.25, -0.2) is 0 Å². The standard InChI is InChI=1S/HNO3.O2Si/c2-1(3)4;1-3-2/h(H,2,3,4);. The molecule has 0 aromatic rings.